The van der Waals surface area contributed by atoms with Crippen LogP contribution in [0.5, 0.6) is 5.75 Å². The van der Waals surface area contributed by atoms with Crippen molar-refractivity contribution >= 4 is 5.91 Å². The molecule has 21 heavy (non-hydrogen) atoms. The molecule has 1 aromatic rings. The fourth-order valence-corrected chi connectivity index (χ4v) is 2.75. The lowest BCUT2D eigenvalue weighted by molar-refractivity contribution is -0.124. The molecule has 112 valence electrons. The smallest absolute Gasteiger partial charge is 0.259 e. The molecule has 0 radical (unpaired) electrons. The van der Waals surface area contributed by atoms with Crippen LogP contribution in [0.1, 0.15) is 43.2 Å². The molecule has 0 saturated heterocycles. The second-order valence-electron chi connectivity index (χ2n) is 5.79. The minimum absolute atomic E-state index is 0.0479. The van der Waals surface area contributed by atoms with Crippen LogP contribution in [0.25, 0.3) is 0 Å². The summed E-state index contributed by atoms with van der Waals surface area (Å²) < 4.78 is 5.59. The standard InChI is InChI=1S/C17H22N2O2/c1-13-7-6-8-15(14(13)2)21-11-16(20)19-17(12-18)9-4-3-5-10-17/h6-8H,3-5,9-11H2,1-2H3,(H,19,20). The SMILES string of the molecule is Cc1cccc(OCC(=O)NC2(C#N)CCCCC2)c1C. The summed E-state index contributed by atoms with van der Waals surface area (Å²) in [6.45, 7) is 3.93. The van der Waals surface area contributed by atoms with Crippen LogP contribution >= 0.6 is 0 Å². The average molecular weight is 286 g/mol. The van der Waals surface area contributed by atoms with E-state index in [1.165, 1.54) is 0 Å². The minimum atomic E-state index is -0.694. The van der Waals surface area contributed by atoms with Gasteiger partial charge in [-0.2, -0.15) is 5.26 Å². The van der Waals surface area contributed by atoms with Gasteiger partial charge in [0.15, 0.2) is 6.61 Å². The Balaban J connectivity index is 1.93. The molecule has 0 aliphatic heterocycles. The monoisotopic (exact) mass is 286 g/mol. The van der Waals surface area contributed by atoms with E-state index in [2.05, 4.69) is 11.4 Å². The van der Waals surface area contributed by atoms with Crippen LogP contribution in [0.15, 0.2) is 18.2 Å². The van der Waals surface area contributed by atoms with Crippen molar-refractivity contribution in [2.45, 2.75) is 51.5 Å². The third kappa shape index (κ3) is 3.75. The van der Waals surface area contributed by atoms with E-state index in [9.17, 15) is 10.1 Å². The number of carbonyl (C=O) groups is 1. The number of nitrogens with zero attached hydrogens (tertiary/aromatic N) is 1. The molecule has 0 atom stereocenters. The molecule has 1 fully saturated rings. The first-order valence-electron chi connectivity index (χ1n) is 7.48. The second kappa shape index (κ2) is 6.62. The number of aryl methyl sites for hydroxylation is 1. The molecule has 1 aliphatic carbocycles. The number of amides is 1. The zero-order valence-electron chi connectivity index (χ0n) is 12.7. The molecule has 0 unspecified atom stereocenters. The summed E-state index contributed by atoms with van der Waals surface area (Å²) in [4.78, 5) is 12.1. The summed E-state index contributed by atoms with van der Waals surface area (Å²) in [7, 11) is 0. The number of nitrogens with one attached hydrogen (secondary N) is 1. The minimum Gasteiger partial charge on any atom is -0.483 e. The van der Waals surface area contributed by atoms with Crippen LogP contribution in [-0.2, 0) is 4.79 Å². The highest BCUT2D eigenvalue weighted by atomic mass is 16.5. The van der Waals surface area contributed by atoms with E-state index >= 15 is 0 Å². The first-order valence-corrected chi connectivity index (χ1v) is 7.48. The summed E-state index contributed by atoms with van der Waals surface area (Å²) >= 11 is 0. The molecule has 1 aliphatic rings. The molecule has 0 spiro atoms. The molecule has 0 heterocycles. The Bertz CT molecular complexity index is 554. The van der Waals surface area contributed by atoms with Gasteiger partial charge in [-0.1, -0.05) is 31.4 Å². The van der Waals surface area contributed by atoms with Gasteiger partial charge in [-0.15, -0.1) is 0 Å². The number of hydrogen-bond acceptors (Lipinski definition) is 3. The van der Waals surface area contributed by atoms with Crippen LogP contribution in [0.2, 0.25) is 0 Å². The van der Waals surface area contributed by atoms with Crippen molar-refractivity contribution in [3.05, 3.63) is 29.3 Å². The number of nitriles is 1. The van der Waals surface area contributed by atoms with Crippen molar-refractivity contribution in [2.24, 2.45) is 0 Å². The molecule has 0 aromatic heterocycles. The molecular weight excluding hydrogens is 264 g/mol. The molecule has 4 nitrogen and oxygen atoms in total. The fraction of sp³-hybridized carbons (Fsp3) is 0.529. The lowest BCUT2D eigenvalue weighted by atomic mass is 9.83. The molecule has 1 N–H and O–H groups in total. The Hall–Kier alpha value is -2.02. The van der Waals surface area contributed by atoms with Crippen molar-refractivity contribution in [3.8, 4) is 11.8 Å². The third-order valence-electron chi connectivity index (χ3n) is 4.21. The molecule has 4 heteroatoms. The van der Waals surface area contributed by atoms with Gasteiger partial charge >= 0.3 is 0 Å². The summed E-state index contributed by atoms with van der Waals surface area (Å²) in [5.41, 5.74) is 1.48. The Kier molecular flexibility index (Phi) is 4.85. The third-order valence-corrected chi connectivity index (χ3v) is 4.21. The number of carbonyl (C=O) groups excluding carboxylic acids is 1. The molecule has 2 rings (SSSR count). The summed E-state index contributed by atoms with van der Waals surface area (Å²) in [5.74, 6) is 0.499. The van der Waals surface area contributed by atoms with Crippen molar-refractivity contribution in [3.63, 3.8) is 0 Å². The summed E-state index contributed by atoms with van der Waals surface area (Å²) in [6.07, 6.45) is 4.59. The summed E-state index contributed by atoms with van der Waals surface area (Å²) in [6, 6.07) is 8.06. The fourth-order valence-electron chi connectivity index (χ4n) is 2.75. The predicted molar refractivity (Wildman–Crippen MR) is 81.0 cm³/mol. The van der Waals surface area contributed by atoms with Gasteiger partial charge < -0.3 is 10.1 Å². The van der Waals surface area contributed by atoms with Crippen LogP contribution in [0.3, 0.4) is 0 Å². The predicted octanol–water partition coefficient (Wildman–Crippen LogP) is 3.02. The van der Waals surface area contributed by atoms with E-state index in [0.717, 1.165) is 49.0 Å². The number of rotatable bonds is 4. The quantitative estimate of drug-likeness (QED) is 0.925. The number of ether oxygens (including phenoxy) is 1. The number of hydrogen-bond donors (Lipinski definition) is 1. The van der Waals surface area contributed by atoms with Crippen LogP contribution in [-0.4, -0.2) is 18.1 Å². The average Bonchev–Trinajstić information content (AvgIpc) is 2.50. The van der Waals surface area contributed by atoms with Crippen molar-refractivity contribution in [1.82, 2.24) is 5.32 Å². The number of benzene rings is 1. The van der Waals surface area contributed by atoms with Crippen molar-refractivity contribution in [1.29, 1.82) is 5.26 Å². The largest absolute Gasteiger partial charge is 0.483 e. The lowest BCUT2D eigenvalue weighted by Gasteiger charge is -2.31. The summed E-state index contributed by atoms with van der Waals surface area (Å²) in [5, 5.41) is 12.2. The highest BCUT2D eigenvalue weighted by Gasteiger charge is 2.33. The van der Waals surface area contributed by atoms with Crippen LogP contribution in [0, 0.1) is 25.2 Å². The Morgan fingerprint density at radius 1 is 1.33 bits per heavy atom. The zero-order valence-corrected chi connectivity index (χ0v) is 12.7. The first kappa shape index (κ1) is 15.4. The van der Waals surface area contributed by atoms with Gasteiger partial charge in [0, 0.05) is 0 Å². The first-order chi connectivity index (χ1) is 10.1. The van der Waals surface area contributed by atoms with E-state index in [4.69, 9.17) is 4.74 Å². The second-order valence-corrected chi connectivity index (χ2v) is 5.79. The normalized spacial score (nSPS) is 16.8. The van der Waals surface area contributed by atoms with Gasteiger partial charge in [-0.3, -0.25) is 4.79 Å². The van der Waals surface area contributed by atoms with Gasteiger partial charge in [0.25, 0.3) is 5.91 Å². The maximum atomic E-state index is 12.1. The van der Waals surface area contributed by atoms with E-state index < -0.39 is 5.54 Å². The van der Waals surface area contributed by atoms with E-state index in [-0.39, 0.29) is 12.5 Å². The van der Waals surface area contributed by atoms with E-state index in [1.54, 1.807) is 0 Å². The lowest BCUT2D eigenvalue weighted by Crippen LogP contribution is -2.50. The van der Waals surface area contributed by atoms with Gasteiger partial charge in [0.1, 0.15) is 11.3 Å². The van der Waals surface area contributed by atoms with Gasteiger partial charge in [-0.05, 0) is 43.9 Å². The van der Waals surface area contributed by atoms with E-state index in [1.807, 2.05) is 32.0 Å². The van der Waals surface area contributed by atoms with Crippen LogP contribution in [0.4, 0.5) is 0 Å². The Labute approximate surface area is 126 Å². The maximum Gasteiger partial charge on any atom is 0.259 e. The molecule has 1 saturated carbocycles. The van der Waals surface area contributed by atoms with Gasteiger partial charge in [-0.25, -0.2) is 0 Å². The maximum absolute atomic E-state index is 12.1. The zero-order chi connectivity index (χ0) is 15.3. The molecule has 0 bridgehead atoms. The van der Waals surface area contributed by atoms with Crippen molar-refractivity contribution in [2.75, 3.05) is 6.61 Å². The molecule has 1 aromatic carbocycles. The highest BCUT2D eigenvalue weighted by Crippen LogP contribution is 2.27. The Morgan fingerprint density at radius 2 is 2.05 bits per heavy atom. The molecule has 1 amide bonds. The van der Waals surface area contributed by atoms with Gasteiger partial charge in [0.05, 0.1) is 6.07 Å². The Morgan fingerprint density at radius 3 is 2.71 bits per heavy atom. The van der Waals surface area contributed by atoms with Crippen molar-refractivity contribution < 1.29 is 9.53 Å². The topological polar surface area (TPSA) is 62.1 Å². The highest BCUT2D eigenvalue weighted by molar-refractivity contribution is 5.79. The van der Waals surface area contributed by atoms with Gasteiger partial charge in [0.2, 0.25) is 0 Å². The van der Waals surface area contributed by atoms with Crippen LogP contribution < -0.4 is 10.1 Å². The molecular formula is C17H22N2O2. The van der Waals surface area contributed by atoms with E-state index in [0.29, 0.717) is 0 Å².